The van der Waals surface area contributed by atoms with E-state index in [1.807, 2.05) is 0 Å². The highest BCUT2D eigenvalue weighted by Crippen LogP contribution is 2.10. The lowest BCUT2D eigenvalue weighted by Crippen LogP contribution is -2.36. The summed E-state index contributed by atoms with van der Waals surface area (Å²) in [5.74, 6) is -1.10. The maximum Gasteiger partial charge on any atom is 0.323 e. The molecule has 0 bridgehead atoms. The molecule has 0 spiro atoms. The van der Waals surface area contributed by atoms with E-state index in [4.69, 9.17) is 5.11 Å². The first-order chi connectivity index (χ1) is 4.22. The quantitative estimate of drug-likeness (QED) is 0.519. The molecule has 2 atom stereocenters. The van der Waals surface area contributed by atoms with E-state index in [9.17, 15) is 9.18 Å². The first-order valence-corrected chi connectivity index (χ1v) is 2.82. The third-order valence-electron chi connectivity index (χ3n) is 1.41. The van der Waals surface area contributed by atoms with E-state index in [1.165, 1.54) is 0 Å². The van der Waals surface area contributed by atoms with Gasteiger partial charge in [0.2, 0.25) is 0 Å². The lowest BCUT2D eigenvalue weighted by atomic mass is 10.2. The van der Waals surface area contributed by atoms with Crippen molar-refractivity contribution in [3.63, 3.8) is 0 Å². The van der Waals surface area contributed by atoms with Gasteiger partial charge in [-0.05, 0) is 13.0 Å². The van der Waals surface area contributed by atoms with Crippen LogP contribution in [-0.4, -0.2) is 29.8 Å². The number of carbonyl (C=O) groups is 1. The molecule has 1 rings (SSSR count). The molecule has 9 heavy (non-hydrogen) atoms. The Labute approximate surface area is 51.9 Å². The average Bonchev–Trinajstić information content (AvgIpc) is 2.13. The van der Waals surface area contributed by atoms with Crippen molar-refractivity contribution in [3.05, 3.63) is 0 Å². The lowest BCUT2D eigenvalue weighted by Gasteiger charge is -2.04. The van der Waals surface area contributed by atoms with Crippen LogP contribution in [0.25, 0.3) is 0 Å². The fraction of sp³-hybridized carbons (Fsp3) is 0.800. The van der Waals surface area contributed by atoms with Crippen LogP contribution in [0.1, 0.15) is 6.42 Å². The smallest absolute Gasteiger partial charge is 0.323 e. The standard InChI is InChI=1S/C5H8FNO2/c6-3-1-2-7-4(3)5(8)9/h3-4,7H,1-2H2,(H,8,9)/t3-,4?/m0/s1. The second-order valence-corrected chi connectivity index (χ2v) is 2.07. The Balaban J connectivity index is 2.49. The van der Waals surface area contributed by atoms with E-state index < -0.39 is 18.2 Å². The fourth-order valence-corrected chi connectivity index (χ4v) is 0.913. The molecule has 2 N–H and O–H groups in total. The minimum absolute atomic E-state index is 0.316. The Morgan fingerprint density at radius 2 is 2.44 bits per heavy atom. The van der Waals surface area contributed by atoms with E-state index in [0.29, 0.717) is 13.0 Å². The summed E-state index contributed by atoms with van der Waals surface area (Å²) in [6, 6.07) is -0.968. The number of hydrogen-bond acceptors (Lipinski definition) is 2. The zero-order chi connectivity index (χ0) is 6.85. The van der Waals surface area contributed by atoms with Gasteiger partial charge in [-0.2, -0.15) is 0 Å². The molecule has 0 saturated carbocycles. The molecule has 3 nitrogen and oxygen atoms in total. The van der Waals surface area contributed by atoms with Crippen LogP contribution in [0, 0.1) is 0 Å². The Hall–Kier alpha value is -0.640. The SMILES string of the molecule is O=C(O)C1NCC[C@@H]1F. The van der Waals surface area contributed by atoms with Crippen LogP contribution in [0.15, 0.2) is 0 Å². The number of halogens is 1. The maximum absolute atomic E-state index is 12.4. The van der Waals surface area contributed by atoms with E-state index >= 15 is 0 Å². The molecule has 0 aromatic rings. The van der Waals surface area contributed by atoms with Crippen molar-refractivity contribution in [3.8, 4) is 0 Å². The largest absolute Gasteiger partial charge is 0.480 e. The summed E-state index contributed by atoms with van der Waals surface area (Å²) >= 11 is 0. The number of hydrogen-bond donors (Lipinski definition) is 2. The molecule has 1 aliphatic heterocycles. The number of rotatable bonds is 1. The third kappa shape index (κ3) is 1.18. The molecule has 1 fully saturated rings. The number of aliphatic carboxylic acids is 1. The monoisotopic (exact) mass is 133 g/mol. The van der Waals surface area contributed by atoms with Gasteiger partial charge in [0.25, 0.3) is 0 Å². The van der Waals surface area contributed by atoms with Gasteiger partial charge in [0, 0.05) is 0 Å². The van der Waals surface area contributed by atoms with Crippen molar-refractivity contribution in [2.75, 3.05) is 6.54 Å². The van der Waals surface area contributed by atoms with Gasteiger partial charge in [0.15, 0.2) is 0 Å². The van der Waals surface area contributed by atoms with Gasteiger partial charge < -0.3 is 10.4 Å². The number of carboxylic acids is 1. The molecule has 0 radical (unpaired) electrons. The van der Waals surface area contributed by atoms with Crippen molar-refractivity contribution < 1.29 is 14.3 Å². The number of nitrogens with one attached hydrogen (secondary N) is 1. The van der Waals surface area contributed by atoms with Crippen LogP contribution in [-0.2, 0) is 4.79 Å². The van der Waals surface area contributed by atoms with Gasteiger partial charge in [0.1, 0.15) is 12.2 Å². The minimum atomic E-state index is -1.21. The summed E-state index contributed by atoms with van der Waals surface area (Å²) in [6.07, 6.45) is -0.890. The average molecular weight is 133 g/mol. The molecule has 0 aromatic heterocycles. The topological polar surface area (TPSA) is 49.3 Å². The predicted molar refractivity (Wildman–Crippen MR) is 28.9 cm³/mol. The van der Waals surface area contributed by atoms with Crippen LogP contribution in [0.3, 0.4) is 0 Å². The Bertz CT molecular complexity index is 128. The second-order valence-electron chi connectivity index (χ2n) is 2.07. The molecular formula is C5H8FNO2. The zero-order valence-electron chi connectivity index (χ0n) is 4.80. The van der Waals surface area contributed by atoms with Gasteiger partial charge in [-0.15, -0.1) is 0 Å². The zero-order valence-corrected chi connectivity index (χ0v) is 4.80. The highest BCUT2D eigenvalue weighted by atomic mass is 19.1. The molecule has 4 heteroatoms. The molecule has 1 unspecified atom stereocenters. The van der Waals surface area contributed by atoms with Crippen LogP contribution in [0.4, 0.5) is 4.39 Å². The molecule has 1 heterocycles. The maximum atomic E-state index is 12.4. The van der Waals surface area contributed by atoms with Crippen LogP contribution in [0.2, 0.25) is 0 Å². The molecule has 0 aromatic carbocycles. The van der Waals surface area contributed by atoms with E-state index in [2.05, 4.69) is 5.32 Å². The van der Waals surface area contributed by atoms with Crippen molar-refractivity contribution >= 4 is 5.97 Å². The predicted octanol–water partition coefficient (Wildman–Crippen LogP) is -0.229. The van der Waals surface area contributed by atoms with E-state index in [-0.39, 0.29) is 0 Å². The highest BCUT2D eigenvalue weighted by molar-refractivity contribution is 5.74. The molecular weight excluding hydrogens is 125 g/mol. The summed E-state index contributed by atoms with van der Waals surface area (Å²) in [7, 11) is 0. The number of carboxylic acid groups (broad SMARTS) is 1. The summed E-state index contributed by atoms with van der Waals surface area (Å²) in [5, 5.41) is 10.8. The molecule has 0 aliphatic carbocycles. The summed E-state index contributed by atoms with van der Waals surface area (Å²) < 4.78 is 12.4. The molecule has 1 aliphatic rings. The van der Waals surface area contributed by atoms with Gasteiger partial charge in [-0.25, -0.2) is 4.39 Å². The molecule has 1 saturated heterocycles. The molecule has 52 valence electrons. The third-order valence-corrected chi connectivity index (χ3v) is 1.41. The van der Waals surface area contributed by atoms with Gasteiger partial charge in [-0.1, -0.05) is 0 Å². The Morgan fingerprint density at radius 1 is 1.78 bits per heavy atom. The first-order valence-electron chi connectivity index (χ1n) is 2.82. The second kappa shape index (κ2) is 2.31. The fourth-order valence-electron chi connectivity index (χ4n) is 0.913. The Morgan fingerprint density at radius 3 is 2.67 bits per heavy atom. The Kier molecular flexibility index (Phi) is 1.66. The summed E-state index contributed by atoms with van der Waals surface area (Å²) in [4.78, 5) is 10.1. The van der Waals surface area contributed by atoms with Gasteiger partial charge >= 0.3 is 5.97 Å². The molecule has 0 amide bonds. The lowest BCUT2D eigenvalue weighted by molar-refractivity contribution is -0.140. The van der Waals surface area contributed by atoms with Gasteiger partial charge in [0.05, 0.1) is 0 Å². The highest BCUT2D eigenvalue weighted by Gasteiger charge is 2.32. The van der Waals surface area contributed by atoms with Crippen molar-refractivity contribution in [2.45, 2.75) is 18.6 Å². The van der Waals surface area contributed by atoms with E-state index in [0.717, 1.165) is 0 Å². The minimum Gasteiger partial charge on any atom is -0.480 e. The van der Waals surface area contributed by atoms with Crippen molar-refractivity contribution in [1.82, 2.24) is 5.32 Å². The summed E-state index contributed by atoms with van der Waals surface area (Å²) in [5.41, 5.74) is 0. The number of alkyl halides is 1. The van der Waals surface area contributed by atoms with Crippen LogP contribution >= 0.6 is 0 Å². The summed E-state index contributed by atoms with van der Waals surface area (Å²) in [6.45, 7) is 0.470. The van der Waals surface area contributed by atoms with Crippen LogP contribution in [0.5, 0.6) is 0 Å². The van der Waals surface area contributed by atoms with Crippen molar-refractivity contribution in [1.29, 1.82) is 0 Å². The van der Waals surface area contributed by atoms with Gasteiger partial charge in [-0.3, -0.25) is 4.79 Å². The van der Waals surface area contributed by atoms with Crippen molar-refractivity contribution in [2.24, 2.45) is 0 Å². The van der Waals surface area contributed by atoms with Crippen LogP contribution < -0.4 is 5.32 Å². The normalized spacial score (nSPS) is 34.8. The first kappa shape index (κ1) is 6.48. The van der Waals surface area contributed by atoms with E-state index in [1.54, 1.807) is 0 Å².